The summed E-state index contributed by atoms with van der Waals surface area (Å²) in [6, 6.07) is 8.55. The Bertz CT molecular complexity index is 621. The topological polar surface area (TPSA) is 65.1 Å². The van der Waals surface area contributed by atoms with Crippen LogP contribution < -0.4 is 0 Å². The molecule has 0 radical (unpaired) electrons. The first-order chi connectivity index (χ1) is 11.1. The third kappa shape index (κ3) is 3.29. The van der Waals surface area contributed by atoms with Gasteiger partial charge in [-0.25, -0.2) is 8.42 Å². The van der Waals surface area contributed by atoms with E-state index in [1.165, 1.54) is 0 Å². The minimum Gasteiger partial charge on any atom is -0.379 e. The molecule has 6 nitrogen and oxygen atoms in total. The van der Waals surface area contributed by atoms with Crippen molar-refractivity contribution in [1.82, 2.24) is 4.31 Å². The highest BCUT2D eigenvalue weighted by Crippen LogP contribution is 2.36. The average molecular weight is 341 g/mol. The van der Waals surface area contributed by atoms with Crippen LogP contribution in [0, 0.1) is 0 Å². The third-order valence-electron chi connectivity index (χ3n) is 4.37. The van der Waals surface area contributed by atoms with E-state index in [0.717, 1.165) is 0 Å². The molecule has 0 bridgehead atoms. The molecule has 1 aromatic rings. The van der Waals surface area contributed by atoms with E-state index in [1.54, 1.807) is 28.6 Å². The molecular formula is C16H23NO5S. The molecule has 0 saturated carbocycles. The summed E-state index contributed by atoms with van der Waals surface area (Å²) >= 11 is 0. The molecular weight excluding hydrogens is 318 g/mol. The number of nitrogens with zero attached hydrogens (tertiary/aromatic N) is 1. The predicted octanol–water partition coefficient (Wildman–Crippen LogP) is 1.27. The van der Waals surface area contributed by atoms with Crippen molar-refractivity contribution < 1.29 is 22.6 Å². The van der Waals surface area contributed by atoms with Gasteiger partial charge in [0.1, 0.15) is 0 Å². The first-order valence-corrected chi connectivity index (χ1v) is 9.37. The molecule has 2 aliphatic heterocycles. The van der Waals surface area contributed by atoms with Crippen molar-refractivity contribution in [3.05, 3.63) is 30.3 Å². The normalized spacial score (nSPS) is 29.2. The van der Waals surface area contributed by atoms with Gasteiger partial charge >= 0.3 is 0 Å². The lowest BCUT2D eigenvalue weighted by atomic mass is 9.96. The minimum atomic E-state index is -3.57. The van der Waals surface area contributed by atoms with Crippen LogP contribution in [0.15, 0.2) is 35.2 Å². The monoisotopic (exact) mass is 341 g/mol. The van der Waals surface area contributed by atoms with Crippen molar-refractivity contribution in [3.63, 3.8) is 0 Å². The molecule has 23 heavy (non-hydrogen) atoms. The molecule has 0 unspecified atom stereocenters. The minimum absolute atomic E-state index is 0.0925. The number of rotatable bonds is 5. The lowest BCUT2D eigenvalue weighted by molar-refractivity contribution is -0.0315. The molecule has 2 atom stereocenters. The standard InChI is InChI=1S/C16H23NO5S/c1-2-20-11-14-10-16(13-22-14)12-21-9-8-17(16)23(18,19)15-6-4-3-5-7-15/h3-7,14H,2,8-13H2,1H3/t14-,16+/m0/s1. The molecule has 0 amide bonds. The molecule has 2 fully saturated rings. The highest BCUT2D eigenvalue weighted by atomic mass is 32.2. The van der Waals surface area contributed by atoms with Crippen LogP contribution in [0.2, 0.25) is 0 Å². The van der Waals surface area contributed by atoms with E-state index in [9.17, 15) is 8.42 Å². The highest BCUT2D eigenvalue weighted by molar-refractivity contribution is 7.89. The summed E-state index contributed by atoms with van der Waals surface area (Å²) in [7, 11) is -3.57. The fraction of sp³-hybridized carbons (Fsp3) is 0.625. The van der Waals surface area contributed by atoms with Crippen LogP contribution in [0.3, 0.4) is 0 Å². The molecule has 2 aliphatic rings. The summed E-state index contributed by atoms with van der Waals surface area (Å²) in [5.41, 5.74) is -0.630. The second kappa shape index (κ2) is 6.86. The number of hydrogen-bond acceptors (Lipinski definition) is 5. The van der Waals surface area contributed by atoms with Gasteiger partial charge in [-0.3, -0.25) is 0 Å². The van der Waals surface area contributed by atoms with Gasteiger partial charge in [0.2, 0.25) is 10.0 Å². The summed E-state index contributed by atoms with van der Waals surface area (Å²) in [4.78, 5) is 0.314. The second-order valence-electron chi connectivity index (χ2n) is 5.96. The average Bonchev–Trinajstić information content (AvgIpc) is 2.97. The quantitative estimate of drug-likeness (QED) is 0.807. The summed E-state index contributed by atoms with van der Waals surface area (Å²) < 4.78 is 44.5. The largest absolute Gasteiger partial charge is 0.379 e. The van der Waals surface area contributed by atoms with Gasteiger partial charge in [-0.1, -0.05) is 18.2 Å². The molecule has 2 heterocycles. The lowest BCUT2D eigenvalue weighted by Crippen LogP contribution is -2.59. The Labute approximate surface area is 137 Å². The van der Waals surface area contributed by atoms with Gasteiger partial charge in [0, 0.05) is 13.2 Å². The van der Waals surface area contributed by atoms with E-state index < -0.39 is 15.6 Å². The fourth-order valence-electron chi connectivity index (χ4n) is 3.26. The van der Waals surface area contributed by atoms with E-state index in [4.69, 9.17) is 14.2 Å². The maximum absolute atomic E-state index is 13.1. The van der Waals surface area contributed by atoms with Crippen molar-refractivity contribution in [2.24, 2.45) is 0 Å². The van der Waals surface area contributed by atoms with Gasteiger partial charge < -0.3 is 14.2 Å². The Balaban J connectivity index is 1.85. The fourth-order valence-corrected chi connectivity index (χ4v) is 5.02. The van der Waals surface area contributed by atoms with Crippen LogP contribution in [0.4, 0.5) is 0 Å². The zero-order valence-electron chi connectivity index (χ0n) is 13.3. The highest BCUT2D eigenvalue weighted by Gasteiger charge is 2.51. The first kappa shape index (κ1) is 16.9. The maximum Gasteiger partial charge on any atom is 0.243 e. The van der Waals surface area contributed by atoms with Crippen molar-refractivity contribution in [1.29, 1.82) is 0 Å². The van der Waals surface area contributed by atoms with Crippen LogP contribution in [0.1, 0.15) is 13.3 Å². The van der Waals surface area contributed by atoms with Gasteiger partial charge in [-0.2, -0.15) is 4.31 Å². The molecule has 1 spiro atoms. The van der Waals surface area contributed by atoms with Gasteiger partial charge in [0.05, 0.1) is 43.0 Å². The summed E-state index contributed by atoms with van der Waals surface area (Å²) in [6.07, 6.45) is 0.504. The van der Waals surface area contributed by atoms with Crippen molar-refractivity contribution >= 4 is 10.0 Å². The van der Waals surface area contributed by atoms with Gasteiger partial charge in [-0.05, 0) is 25.5 Å². The molecule has 0 aromatic heterocycles. The number of morpholine rings is 1. The zero-order chi connectivity index (χ0) is 16.3. The molecule has 2 saturated heterocycles. The second-order valence-corrected chi connectivity index (χ2v) is 7.83. The van der Waals surface area contributed by atoms with Crippen molar-refractivity contribution in [2.45, 2.75) is 29.9 Å². The number of benzene rings is 1. The SMILES string of the molecule is CCOC[C@@H]1C[C@@]2(COCCN2S(=O)(=O)c2ccccc2)CO1. The van der Waals surface area contributed by atoms with E-state index >= 15 is 0 Å². The third-order valence-corrected chi connectivity index (χ3v) is 6.39. The maximum atomic E-state index is 13.1. The van der Waals surface area contributed by atoms with Crippen LogP contribution in [0.5, 0.6) is 0 Å². The predicted molar refractivity (Wildman–Crippen MR) is 84.7 cm³/mol. The summed E-state index contributed by atoms with van der Waals surface area (Å²) in [5, 5.41) is 0. The van der Waals surface area contributed by atoms with Crippen molar-refractivity contribution in [2.75, 3.05) is 39.6 Å². The van der Waals surface area contributed by atoms with Crippen LogP contribution in [-0.4, -0.2) is 63.9 Å². The zero-order valence-corrected chi connectivity index (χ0v) is 14.1. The molecule has 0 N–H and O–H groups in total. The molecule has 3 rings (SSSR count). The van der Waals surface area contributed by atoms with Crippen LogP contribution in [-0.2, 0) is 24.2 Å². The molecule has 7 heteroatoms. The molecule has 1 aromatic carbocycles. The van der Waals surface area contributed by atoms with Gasteiger partial charge in [-0.15, -0.1) is 0 Å². The molecule has 128 valence electrons. The van der Waals surface area contributed by atoms with E-state index in [1.807, 2.05) is 13.0 Å². The van der Waals surface area contributed by atoms with Crippen molar-refractivity contribution in [3.8, 4) is 0 Å². The molecule has 0 aliphatic carbocycles. The Morgan fingerprint density at radius 2 is 2.09 bits per heavy atom. The lowest BCUT2D eigenvalue weighted by Gasteiger charge is -2.42. The van der Waals surface area contributed by atoms with Crippen LogP contribution >= 0.6 is 0 Å². The van der Waals surface area contributed by atoms with E-state index in [0.29, 0.717) is 50.9 Å². The summed E-state index contributed by atoms with van der Waals surface area (Å²) in [5.74, 6) is 0. The Morgan fingerprint density at radius 1 is 1.30 bits per heavy atom. The van der Waals surface area contributed by atoms with Gasteiger partial charge in [0.15, 0.2) is 0 Å². The number of ether oxygens (including phenoxy) is 3. The number of hydrogen-bond donors (Lipinski definition) is 0. The Kier molecular flexibility index (Phi) is 5.03. The summed E-state index contributed by atoms with van der Waals surface area (Å²) in [6.45, 7) is 4.50. The Hall–Kier alpha value is -0.990. The number of sulfonamides is 1. The van der Waals surface area contributed by atoms with Crippen LogP contribution in [0.25, 0.3) is 0 Å². The smallest absolute Gasteiger partial charge is 0.243 e. The van der Waals surface area contributed by atoms with E-state index in [2.05, 4.69) is 0 Å². The first-order valence-electron chi connectivity index (χ1n) is 7.93. The Morgan fingerprint density at radius 3 is 2.83 bits per heavy atom. The van der Waals surface area contributed by atoms with Gasteiger partial charge in [0.25, 0.3) is 0 Å². The van der Waals surface area contributed by atoms with E-state index in [-0.39, 0.29) is 6.10 Å².